The zero-order chi connectivity index (χ0) is 21.1. The van der Waals surface area contributed by atoms with Gasteiger partial charge in [-0.15, -0.1) is 0 Å². The third kappa shape index (κ3) is 5.07. The van der Waals surface area contributed by atoms with Gasteiger partial charge in [0.1, 0.15) is 6.17 Å². The number of hydrogen-bond acceptors (Lipinski definition) is 1. The molecule has 0 aromatic carbocycles. The summed E-state index contributed by atoms with van der Waals surface area (Å²) in [7, 11) is 0. The summed E-state index contributed by atoms with van der Waals surface area (Å²) in [4.78, 5) is 0. The number of alkyl halides is 2. The molecule has 0 aromatic rings. The van der Waals surface area contributed by atoms with Crippen LogP contribution in [-0.4, -0.2) is 25.1 Å². The van der Waals surface area contributed by atoms with E-state index in [1.807, 2.05) is 6.92 Å². The van der Waals surface area contributed by atoms with Gasteiger partial charge in [-0.1, -0.05) is 32.6 Å². The lowest BCUT2D eigenvalue weighted by atomic mass is 9.60. The molecule has 4 aliphatic carbocycles. The molecule has 1 nitrogen and oxygen atoms in total. The van der Waals surface area contributed by atoms with Gasteiger partial charge in [-0.3, -0.25) is 0 Å². The van der Waals surface area contributed by atoms with Gasteiger partial charge in [0, 0.05) is 6.61 Å². The average Bonchev–Trinajstić information content (AvgIpc) is 2.78. The molecule has 0 amide bonds. The maximum Gasteiger partial charge on any atom is 0.157 e. The third-order valence-corrected chi connectivity index (χ3v) is 9.81. The summed E-state index contributed by atoms with van der Waals surface area (Å²) < 4.78 is 35.1. The molecule has 0 bridgehead atoms. The molecule has 0 N–H and O–H groups in total. The summed E-state index contributed by atoms with van der Waals surface area (Å²) >= 11 is 0. The van der Waals surface area contributed by atoms with Crippen LogP contribution in [0.2, 0.25) is 0 Å². The lowest BCUT2D eigenvalue weighted by Crippen LogP contribution is -2.50. The minimum absolute atomic E-state index is 0.0537. The average molecular weight is 425 g/mol. The Hall–Kier alpha value is -0.180. The fraction of sp³-hybridized carbons (Fsp3) is 1.00. The number of fused-ring (bicyclic) bond motifs is 1. The normalized spacial score (nSPS) is 47.6. The van der Waals surface area contributed by atoms with Crippen LogP contribution in [0.1, 0.15) is 104 Å². The smallest absolute Gasteiger partial charge is 0.157 e. The molecule has 6 unspecified atom stereocenters. The van der Waals surface area contributed by atoms with Gasteiger partial charge in [0.05, 0.1) is 6.10 Å². The van der Waals surface area contributed by atoms with Crippen LogP contribution in [0.5, 0.6) is 0 Å². The van der Waals surface area contributed by atoms with Gasteiger partial charge in [0.25, 0.3) is 0 Å². The SMILES string of the molecule is CCCC1CCC(C2CCC(C3CCC4CC(OCC)C(F)C(F)C4C3)CC2)CC1. The summed E-state index contributed by atoms with van der Waals surface area (Å²) in [6.45, 7) is 4.70. The fourth-order valence-electron chi connectivity index (χ4n) is 8.10. The number of hydrogen-bond donors (Lipinski definition) is 0. The van der Waals surface area contributed by atoms with Crippen molar-refractivity contribution < 1.29 is 13.5 Å². The number of rotatable bonds is 6. The Morgan fingerprint density at radius 3 is 1.77 bits per heavy atom. The standard InChI is InChI=1S/C27H46F2O/c1-3-5-18-6-8-19(9-7-18)20-10-12-21(13-11-20)22-14-15-23-17-25(30-4-2)27(29)26(28)24(23)16-22/h18-27H,3-17H2,1-2H3. The van der Waals surface area contributed by atoms with Crippen molar-refractivity contribution in [3.8, 4) is 0 Å². The molecule has 174 valence electrons. The summed E-state index contributed by atoms with van der Waals surface area (Å²) in [5, 5.41) is 0. The highest BCUT2D eigenvalue weighted by atomic mass is 19.2. The summed E-state index contributed by atoms with van der Waals surface area (Å²) in [6.07, 6.45) is 14.9. The van der Waals surface area contributed by atoms with Crippen molar-refractivity contribution >= 4 is 0 Å². The monoisotopic (exact) mass is 424 g/mol. The van der Waals surface area contributed by atoms with Crippen molar-refractivity contribution in [2.24, 2.45) is 41.4 Å². The molecule has 0 spiro atoms. The Bertz CT molecular complexity index is 507. The fourth-order valence-corrected chi connectivity index (χ4v) is 8.10. The quantitative estimate of drug-likeness (QED) is 0.421. The van der Waals surface area contributed by atoms with Crippen LogP contribution in [-0.2, 0) is 4.74 Å². The Labute approximate surface area is 184 Å². The van der Waals surface area contributed by atoms with Crippen LogP contribution in [0.25, 0.3) is 0 Å². The second-order valence-electron chi connectivity index (χ2n) is 11.4. The predicted octanol–water partition coefficient (Wildman–Crippen LogP) is 7.92. The van der Waals surface area contributed by atoms with Crippen molar-refractivity contribution in [2.45, 2.75) is 122 Å². The van der Waals surface area contributed by atoms with Gasteiger partial charge in [0.2, 0.25) is 0 Å². The topological polar surface area (TPSA) is 9.23 Å². The lowest BCUT2D eigenvalue weighted by molar-refractivity contribution is -0.110. The van der Waals surface area contributed by atoms with E-state index in [0.717, 1.165) is 42.9 Å². The lowest BCUT2D eigenvalue weighted by Gasteiger charge is -2.48. The van der Waals surface area contributed by atoms with Gasteiger partial charge in [-0.2, -0.15) is 0 Å². The largest absolute Gasteiger partial charge is 0.375 e. The summed E-state index contributed by atoms with van der Waals surface area (Å²) in [5.74, 6) is 4.63. The van der Waals surface area contributed by atoms with Crippen LogP contribution in [0.15, 0.2) is 0 Å². The van der Waals surface area contributed by atoms with E-state index in [0.29, 0.717) is 18.4 Å². The van der Waals surface area contributed by atoms with Crippen molar-refractivity contribution in [3.05, 3.63) is 0 Å². The van der Waals surface area contributed by atoms with E-state index in [1.165, 1.54) is 70.6 Å². The highest BCUT2D eigenvalue weighted by Crippen LogP contribution is 2.51. The highest BCUT2D eigenvalue weighted by molar-refractivity contribution is 4.98. The maximum atomic E-state index is 15.0. The highest BCUT2D eigenvalue weighted by Gasteiger charge is 2.49. The molecule has 4 fully saturated rings. The van der Waals surface area contributed by atoms with E-state index < -0.39 is 18.4 Å². The number of ether oxygens (including phenoxy) is 1. The molecule has 30 heavy (non-hydrogen) atoms. The molecular formula is C27H46F2O. The Morgan fingerprint density at radius 1 is 0.633 bits per heavy atom. The van der Waals surface area contributed by atoms with Gasteiger partial charge in [-0.05, 0) is 113 Å². The van der Waals surface area contributed by atoms with Crippen molar-refractivity contribution in [2.75, 3.05) is 6.61 Å². The van der Waals surface area contributed by atoms with E-state index in [-0.39, 0.29) is 5.92 Å². The first-order valence-electron chi connectivity index (χ1n) is 13.5. The molecule has 0 aliphatic heterocycles. The van der Waals surface area contributed by atoms with E-state index in [1.54, 1.807) is 0 Å². The van der Waals surface area contributed by atoms with E-state index in [4.69, 9.17) is 4.74 Å². The first kappa shape index (κ1) is 23.0. The zero-order valence-electron chi connectivity index (χ0n) is 19.5. The van der Waals surface area contributed by atoms with Gasteiger partial charge < -0.3 is 4.74 Å². The summed E-state index contributed by atoms with van der Waals surface area (Å²) in [5.41, 5.74) is 0. The van der Waals surface area contributed by atoms with Gasteiger partial charge >= 0.3 is 0 Å². The minimum atomic E-state index is -1.41. The third-order valence-electron chi connectivity index (χ3n) is 9.81. The maximum absolute atomic E-state index is 15.0. The molecule has 0 aromatic heterocycles. The van der Waals surface area contributed by atoms with E-state index in [2.05, 4.69) is 6.92 Å². The number of halogens is 2. The molecule has 0 heterocycles. The van der Waals surface area contributed by atoms with E-state index >= 15 is 0 Å². The molecule has 4 saturated carbocycles. The van der Waals surface area contributed by atoms with Crippen LogP contribution in [0.4, 0.5) is 8.78 Å². The van der Waals surface area contributed by atoms with Crippen LogP contribution in [0, 0.1) is 41.4 Å². The second kappa shape index (κ2) is 10.6. The second-order valence-corrected chi connectivity index (χ2v) is 11.4. The van der Waals surface area contributed by atoms with Crippen molar-refractivity contribution in [1.82, 2.24) is 0 Å². The van der Waals surface area contributed by atoms with Crippen molar-refractivity contribution in [3.63, 3.8) is 0 Å². The molecule has 0 saturated heterocycles. The molecule has 4 aliphatic rings. The predicted molar refractivity (Wildman–Crippen MR) is 120 cm³/mol. The molecule has 3 heteroatoms. The Kier molecular flexibility index (Phi) is 8.14. The first-order valence-corrected chi connectivity index (χ1v) is 13.5. The first-order chi connectivity index (χ1) is 14.6. The van der Waals surface area contributed by atoms with Gasteiger partial charge in [0.15, 0.2) is 6.17 Å². The van der Waals surface area contributed by atoms with Crippen molar-refractivity contribution in [1.29, 1.82) is 0 Å². The van der Waals surface area contributed by atoms with Crippen LogP contribution < -0.4 is 0 Å². The Morgan fingerprint density at radius 2 is 1.17 bits per heavy atom. The van der Waals surface area contributed by atoms with E-state index in [9.17, 15) is 8.78 Å². The molecular weight excluding hydrogens is 378 g/mol. The summed E-state index contributed by atoms with van der Waals surface area (Å²) in [6, 6.07) is 0. The molecule has 4 rings (SSSR count). The van der Waals surface area contributed by atoms with Crippen LogP contribution in [0.3, 0.4) is 0 Å². The molecule has 0 radical (unpaired) electrons. The Balaban J connectivity index is 1.24. The molecule has 6 atom stereocenters. The minimum Gasteiger partial charge on any atom is -0.375 e. The van der Waals surface area contributed by atoms with Gasteiger partial charge in [-0.25, -0.2) is 8.78 Å². The van der Waals surface area contributed by atoms with Crippen LogP contribution >= 0.6 is 0 Å². The zero-order valence-corrected chi connectivity index (χ0v) is 19.5.